The first kappa shape index (κ1) is 11.4. The molecule has 0 atom stereocenters. The van der Waals surface area contributed by atoms with Crippen LogP contribution in [0.4, 0.5) is 5.82 Å². The van der Waals surface area contributed by atoms with Crippen LogP contribution in [0.3, 0.4) is 0 Å². The molecular weight excluding hydrogens is 242 g/mol. The highest BCUT2D eigenvalue weighted by molar-refractivity contribution is 5.50. The molecule has 0 saturated heterocycles. The van der Waals surface area contributed by atoms with Gasteiger partial charge in [0.2, 0.25) is 6.79 Å². The van der Waals surface area contributed by atoms with Crippen molar-refractivity contribution in [3.63, 3.8) is 0 Å². The number of fused-ring (bicyclic) bond motifs is 1. The van der Waals surface area contributed by atoms with Gasteiger partial charge in [-0.25, -0.2) is 4.98 Å². The van der Waals surface area contributed by atoms with Crippen molar-refractivity contribution in [3.8, 4) is 17.6 Å². The molecule has 0 saturated carbocycles. The molecule has 0 amide bonds. The van der Waals surface area contributed by atoms with Gasteiger partial charge in [-0.2, -0.15) is 5.26 Å². The minimum Gasteiger partial charge on any atom is -0.454 e. The fourth-order valence-corrected chi connectivity index (χ4v) is 1.91. The van der Waals surface area contributed by atoms with Gasteiger partial charge in [-0.05, 0) is 18.2 Å². The number of nitrogens with one attached hydrogen (secondary N) is 1. The molecule has 0 fully saturated rings. The van der Waals surface area contributed by atoms with Gasteiger partial charge in [-0.15, -0.1) is 0 Å². The van der Waals surface area contributed by atoms with Crippen molar-refractivity contribution >= 4 is 5.82 Å². The number of benzene rings is 1. The zero-order chi connectivity index (χ0) is 13.1. The molecule has 0 bridgehead atoms. The molecule has 2 heterocycles. The predicted octanol–water partition coefficient (Wildman–Crippen LogP) is 2.29. The molecule has 1 N–H and O–H groups in total. The number of rotatable bonds is 3. The molecular formula is C14H11N3O2. The van der Waals surface area contributed by atoms with Gasteiger partial charge in [0, 0.05) is 12.1 Å². The summed E-state index contributed by atoms with van der Waals surface area (Å²) in [6, 6.07) is 13.1. The van der Waals surface area contributed by atoms with Crippen molar-refractivity contribution < 1.29 is 9.47 Å². The van der Waals surface area contributed by atoms with Crippen LogP contribution in [0.1, 0.15) is 11.3 Å². The second-order valence-electron chi connectivity index (χ2n) is 4.02. The maximum absolute atomic E-state index is 8.80. The molecule has 1 aromatic heterocycles. The van der Waals surface area contributed by atoms with Gasteiger partial charge in [0.15, 0.2) is 11.5 Å². The molecule has 0 aliphatic carbocycles. The molecule has 1 aliphatic rings. The van der Waals surface area contributed by atoms with Crippen LogP contribution < -0.4 is 14.8 Å². The van der Waals surface area contributed by atoms with E-state index in [1.807, 2.05) is 30.3 Å². The highest BCUT2D eigenvalue weighted by atomic mass is 16.7. The van der Waals surface area contributed by atoms with Crippen molar-refractivity contribution in [3.05, 3.63) is 47.7 Å². The predicted molar refractivity (Wildman–Crippen MR) is 68.8 cm³/mol. The Kier molecular flexibility index (Phi) is 2.91. The number of hydrogen-bond donors (Lipinski definition) is 1. The third-order valence-corrected chi connectivity index (χ3v) is 2.80. The Balaban J connectivity index is 1.76. The van der Waals surface area contributed by atoms with E-state index in [1.54, 1.807) is 12.1 Å². The summed E-state index contributed by atoms with van der Waals surface area (Å²) in [6.07, 6.45) is 0. The molecule has 0 unspecified atom stereocenters. The number of pyridine rings is 1. The molecule has 2 aromatic rings. The number of para-hydroxylation sites is 1. The number of anilines is 1. The molecule has 94 valence electrons. The highest BCUT2D eigenvalue weighted by Crippen LogP contribution is 2.35. The summed E-state index contributed by atoms with van der Waals surface area (Å²) >= 11 is 0. The third kappa shape index (κ3) is 2.29. The first-order chi connectivity index (χ1) is 9.36. The normalized spacial score (nSPS) is 11.9. The van der Waals surface area contributed by atoms with E-state index < -0.39 is 0 Å². The van der Waals surface area contributed by atoms with Crippen LogP contribution in [0.5, 0.6) is 11.5 Å². The van der Waals surface area contributed by atoms with Gasteiger partial charge >= 0.3 is 0 Å². The Bertz CT molecular complexity index is 649. The van der Waals surface area contributed by atoms with Crippen LogP contribution in [-0.4, -0.2) is 11.8 Å². The summed E-state index contributed by atoms with van der Waals surface area (Å²) < 4.78 is 10.7. The number of nitriles is 1. The SMILES string of the molecule is N#Cc1cccc(NCc2cccc3c2OCO3)n1. The quantitative estimate of drug-likeness (QED) is 0.909. The summed E-state index contributed by atoms with van der Waals surface area (Å²) in [6.45, 7) is 0.822. The Hall–Kier alpha value is -2.74. The fraction of sp³-hybridized carbons (Fsp3) is 0.143. The van der Waals surface area contributed by atoms with Crippen molar-refractivity contribution in [1.82, 2.24) is 4.98 Å². The monoisotopic (exact) mass is 253 g/mol. The van der Waals surface area contributed by atoms with Crippen LogP contribution in [0.2, 0.25) is 0 Å². The molecule has 1 aromatic carbocycles. The summed E-state index contributed by atoms with van der Waals surface area (Å²) in [5.74, 6) is 2.19. The molecule has 1 aliphatic heterocycles. The Labute approximate surface area is 110 Å². The first-order valence-electron chi connectivity index (χ1n) is 5.85. The van der Waals surface area contributed by atoms with Crippen LogP contribution >= 0.6 is 0 Å². The van der Waals surface area contributed by atoms with E-state index in [1.165, 1.54) is 0 Å². The average molecular weight is 253 g/mol. The number of nitrogens with zero attached hydrogens (tertiary/aromatic N) is 2. The highest BCUT2D eigenvalue weighted by Gasteiger charge is 2.16. The zero-order valence-electron chi connectivity index (χ0n) is 10.1. The van der Waals surface area contributed by atoms with Crippen LogP contribution in [-0.2, 0) is 6.54 Å². The second-order valence-corrected chi connectivity index (χ2v) is 4.02. The molecule has 19 heavy (non-hydrogen) atoms. The van der Waals surface area contributed by atoms with Gasteiger partial charge in [0.1, 0.15) is 17.6 Å². The van der Waals surface area contributed by atoms with Gasteiger partial charge in [0.05, 0.1) is 0 Å². The lowest BCUT2D eigenvalue weighted by Gasteiger charge is -2.08. The molecule has 0 radical (unpaired) electrons. The van der Waals surface area contributed by atoms with E-state index in [0.29, 0.717) is 18.1 Å². The van der Waals surface area contributed by atoms with E-state index in [9.17, 15) is 0 Å². The molecule has 5 heteroatoms. The van der Waals surface area contributed by atoms with E-state index in [0.717, 1.165) is 17.1 Å². The lowest BCUT2D eigenvalue weighted by molar-refractivity contribution is 0.173. The maximum atomic E-state index is 8.80. The number of ether oxygens (including phenoxy) is 2. The summed E-state index contributed by atoms with van der Waals surface area (Å²) in [4.78, 5) is 4.16. The topological polar surface area (TPSA) is 67.2 Å². The van der Waals surface area contributed by atoms with Crippen LogP contribution in [0, 0.1) is 11.3 Å². The van der Waals surface area contributed by atoms with Crippen molar-refractivity contribution in [1.29, 1.82) is 5.26 Å². The fourth-order valence-electron chi connectivity index (χ4n) is 1.91. The van der Waals surface area contributed by atoms with Crippen molar-refractivity contribution in [2.45, 2.75) is 6.54 Å². The van der Waals surface area contributed by atoms with Crippen LogP contribution in [0.15, 0.2) is 36.4 Å². The second kappa shape index (κ2) is 4.86. The average Bonchev–Trinajstić information content (AvgIpc) is 2.94. The minimum atomic E-state index is 0.258. The third-order valence-electron chi connectivity index (χ3n) is 2.80. The standard InChI is InChI=1S/C14H11N3O2/c15-7-11-4-2-6-13(17-11)16-8-10-3-1-5-12-14(10)19-9-18-12/h1-6H,8-9H2,(H,16,17). The smallest absolute Gasteiger partial charge is 0.231 e. The van der Waals surface area contributed by atoms with E-state index in [-0.39, 0.29) is 6.79 Å². The summed E-state index contributed by atoms with van der Waals surface area (Å²) in [5.41, 5.74) is 1.39. The Morgan fingerprint density at radius 3 is 3.00 bits per heavy atom. The van der Waals surface area contributed by atoms with Gasteiger partial charge in [-0.3, -0.25) is 0 Å². The first-order valence-corrected chi connectivity index (χ1v) is 5.85. The summed E-state index contributed by atoms with van der Waals surface area (Å²) in [7, 11) is 0. The summed E-state index contributed by atoms with van der Waals surface area (Å²) in [5, 5.41) is 12.0. The molecule has 3 rings (SSSR count). The number of aromatic nitrogens is 1. The van der Waals surface area contributed by atoms with E-state index in [4.69, 9.17) is 14.7 Å². The van der Waals surface area contributed by atoms with Crippen LogP contribution in [0.25, 0.3) is 0 Å². The Morgan fingerprint density at radius 1 is 1.21 bits per heavy atom. The minimum absolute atomic E-state index is 0.258. The van der Waals surface area contributed by atoms with Crippen molar-refractivity contribution in [2.75, 3.05) is 12.1 Å². The van der Waals surface area contributed by atoms with Gasteiger partial charge < -0.3 is 14.8 Å². The van der Waals surface area contributed by atoms with Gasteiger partial charge in [0.25, 0.3) is 0 Å². The maximum Gasteiger partial charge on any atom is 0.231 e. The molecule has 0 spiro atoms. The van der Waals surface area contributed by atoms with E-state index >= 15 is 0 Å². The Morgan fingerprint density at radius 2 is 2.11 bits per heavy atom. The number of hydrogen-bond acceptors (Lipinski definition) is 5. The lowest BCUT2D eigenvalue weighted by Crippen LogP contribution is -2.03. The zero-order valence-corrected chi connectivity index (χ0v) is 10.1. The largest absolute Gasteiger partial charge is 0.454 e. The van der Waals surface area contributed by atoms with E-state index in [2.05, 4.69) is 10.3 Å². The van der Waals surface area contributed by atoms with Gasteiger partial charge in [-0.1, -0.05) is 18.2 Å². The molecule has 5 nitrogen and oxygen atoms in total. The lowest BCUT2D eigenvalue weighted by atomic mass is 10.2. The van der Waals surface area contributed by atoms with Crippen molar-refractivity contribution in [2.24, 2.45) is 0 Å².